The quantitative estimate of drug-likeness (QED) is 0.539. The second-order valence-corrected chi connectivity index (χ2v) is 8.10. The van der Waals surface area contributed by atoms with E-state index in [2.05, 4.69) is 22.1 Å². The lowest BCUT2D eigenvalue weighted by molar-refractivity contribution is -0.142. The zero-order chi connectivity index (χ0) is 21.1. The molecule has 0 bridgehead atoms. The van der Waals surface area contributed by atoms with E-state index in [1.807, 2.05) is 12.1 Å². The van der Waals surface area contributed by atoms with Gasteiger partial charge in [0, 0.05) is 12.1 Å². The Balaban J connectivity index is 1.45. The summed E-state index contributed by atoms with van der Waals surface area (Å²) in [4.78, 5) is 34.1. The van der Waals surface area contributed by atoms with Gasteiger partial charge in [0.25, 0.3) is 5.91 Å². The molecule has 1 amide bonds. The monoisotopic (exact) mass is 429 g/mol. The summed E-state index contributed by atoms with van der Waals surface area (Å²) in [6.45, 7) is 0.738. The number of amides is 1. The number of carbonyl (C=O) groups excluding carboxylic acids is 2. The molecule has 1 aromatic heterocycles. The van der Waals surface area contributed by atoms with Crippen LogP contribution in [-0.2, 0) is 9.53 Å². The standard InChI is InChI=1S/C22H24ClN3O4/c1-29-18(27)12-14-2-4-15(5-3-14)16-6-8-17(9-7-16)26-10-11-30-21-19(22(26)28)20(23)24-13-25-21/h6-9,13-15H,2-5,10-12H2,1H3. The van der Waals surface area contributed by atoms with E-state index in [1.165, 1.54) is 19.0 Å². The number of nitrogens with zero attached hydrogens (tertiary/aromatic N) is 3. The molecule has 0 saturated heterocycles. The Morgan fingerprint density at radius 3 is 2.63 bits per heavy atom. The number of hydrogen-bond acceptors (Lipinski definition) is 6. The Kier molecular flexibility index (Phi) is 6.18. The van der Waals surface area contributed by atoms with Gasteiger partial charge in [-0.05, 0) is 55.2 Å². The van der Waals surface area contributed by atoms with Crippen LogP contribution in [0.1, 0.15) is 53.9 Å². The maximum absolute atomic E-state index is 13.0. The van der Waals surface area contributed by atoms with E-state index in [9.17, 15) is 9.59 Å². The number of methoxy groups -OCH3 is 1. The molecule has 158 valence electrons. The van der Waals surface area contributed by atoms with Crippen LogP contribution >= 0.6 is 11.6 Å². The van der Waals surface area contributed by atoms with E-state index in [4.69, 9.17) is 21.1 Å². The highest BCUT2D eigenvalue weighted by Crippen LogP contribution is 2.38. The molecule has 0 N–H and O–H groups in total. The van der Waals surface area contributed by atoms with Crippen LogP contribution in [0.3, 0.4) is 0 Å². The molecule has 8 heteroatoms. The first-order chi connectivity index (χ1) is 14.6. The highest BCUT2D eigenvalue weighted by Gasteiger charge is 2.29. The zero-order valence-corrected chi connectivity index (χ0v) is 17.6. The summed E-state index contributed by atoms with van der Waals surface area (Å²) in [7, 11) is 1.44. The number of hydrogen-bond donors (Lipinski definition) is 0. The highest BCUT2D eigenvalue weighted by atomic mass is 35.5. The first-order valence-electron chi connectivity index (χ1n) is 10.2. The van der Waals surface area contributed by atoms with Crippen molar-refractivity contribution in [3.05, 3.63) is 46.9 Å². The maximum Gasteiger partial charge on any atom is 0.305 e. The van der Waals surface area contributed by atoms with Gasteiger partial charge in [-0.2, -0.15) is 0 Å². The van der Waals surface area contributed by atoms with Crippen LogP contribution < -0.4 is 9.64 Å². The molecule has 1 aliphatic carbocycles. The summed E-state index contributed by atoms with van der Waals surface area (Å²) >= 11 is 6.13. The number of ether oxygens (including phenoxy) is 2. The first kappa shape index (κ1) is 20.6. The van der Waals surface area contributed by atoms with Gasteiger partial charge in [-0.15, -0.1) is 0 Å². The van der Waals surface area contributed by atoms with Gasteiger partial charge in [-0.25, -0.2) is 9.97 Å². The fourth-order valence-electron chi connectivity index (χ4n) is 4.30. The van der Waals surface area contributed by atoms with Crippen molar-refractivity contribution in [3.8, 4) is 5.88 Å². The van der Waals surface area contributed by atoms with Gasteiger partial charge in [0.05, 0.1) is 13.7 Å². The number of esters is 1. The van der Waals surface area contributed by atoms with E-state index in [0.29, 0.717) is 31.4 Å². The van der Waals surface area contributed by atoms with Crippen molar-refractivity contribution in [2.45, 2.75) is 38.0 Å². The lowest BCUT2D eigenvalue weighted by Crippen LogP contribution is -2.32. The average Bonchev–Trinajstić information content (AvgIpc) is 2.94. The summed E-state index contributed by atoms with van der Waals surface area (Å²) in [5.74, 6) is 0.724. The SMILES string of the molecule is COC(=O)CC1CCC(c2ccc(N3CCOc4ncnc(Cl)c4C3=O)cc2)CC1. The van der Waals surface area contributed by atoms with Crippen LogP contribution in [0.15, 0.2) is 30.6 Å². The number of aromatic nitrogens is 2. The predicted molar refractivity (Wildman–Crippen MR) is 112 cm³/mol. The van der Waals surface area contributed by atoms with Crippen LogP contribution in [0.2, 0.25) is 5.15 Å². The lowest BCUT2D eigenvalue weighted by atomic mass is 9.77. The minimum absolute atomic E-state index is 0.0947. The summed E-state index contributed by atoms with van der Waals surface area (Å²) in [5.41, 5.74) is 2.25. The third kappa shape index (κ3) is 4.26. The van der Waals surface area contributed by atoms with E-state index < -0.39 is 0 Å². The third-order valence-corrected chi connectivity index (χ3v) is 6.27. The molecule has 1 saturated carbocycles. The van der Waals surface area contributed by atoms with Crippen LogP contribution in [0, 0.1) is 5.92 Å². The summed E-state index contributed by atoms with van der Waals surface area (Å²) in [6, 6.07) is 8.11. The number of halogens is 1. The topological polar surface area (TPSA) is 81.6 Å². The van der Waals surface area contributed by atoms with Gasteiger partial charge in [0.1, 0.15) is 23.7 Å². The molecule has 4 rings (SSSR count). The Hall–Kier alpha value is -2.67. The van der Waals surface area contributed by atoms with Crippen molar-refractivity contribution in [2.24, 2.45) is 5.92 Å². The number of fused-ring (bicyclic) bond motifs is 1. The molecule has 7 nitrogen and oxygen atoms in total. The molecule has 0 atom stereocenters. The number of benzene rings is 1. The van der Waals surface area contributed by atoms with Crippen LogP contribution in [0.5, 0.6) is 5.88 Å². The van der Waals surface area contributed by atoms with Crippen LogP contribution in [0.4, 0.5) is 5.69 Å². The zero-order valence-electron chi connectivity index (χ0n) is 16.8. The molecule has 1 aliphatic heterocycles. The Morgan fingerprint density at radius 2 is 1.93 bits per heavy atom. The van der Waals surface area contributed by atoms with Crippen molar-refractivity contribution in [2.75, 3.05) is 25.2 Å². The molecule has 1 aromatic carbocycles. The molecule has 2 aliphatic rings. The second kappa shape index (κ2) is 9.00. The van der Waals surface area contributed by atoms with Gasteiger partial charge in [0.15, 0.2) is 0 Å². The Labute approximate surface area is 180 Å². The van der Waals surface area contributed by atoms with Gasteiger partial charge in [-0.3, -0.25) is 9.59 Å². The molecule has 2 heterocycles. The van der Waals surface area contributed by atoms with Crippen molar-refractivity contribution in [1.82, 2.24) is 9.97 Å². The van der Waals surface area contributed by atoms with Gasteiger partial charge in [0.2, 0.25) is 5.88 Å². The number of anilines is 1. The van der Waals surface area contributed by atoms with Crippen molar-refractivity contribution in [1.29, 1.82) is 0 Å². The average molecular weight is 430 g/mol. The Bertz CT molecular complexity index is 926. The smallest absolute Gasteiger partial charge is 0.305 e. The fraction of sp³-hybridized carbons (Fsp3) is 0.455. The van der Waals surface area contributed by atoms with E-state index in [1.54, 1.807) is 4.90 Å². The van der Waals surface area contributed by atoms with E-state index in [0.717, 1.165) is 31.4 Å². The van der Waals surface area contributed by atoms with Crippen molar-refractivity contribution in [3.63, 3.8) is 0 Å². The molecule has 1 fully saturated rings. The molecule has 0 unspecified atom stereocenters. The first-order valence-corrected chi connectivity index (χ1v) is 10.6. The Morgan fingerprint density at radius 1 is 1.20 bits per heavy atom. The van der Waals surface area contributed by atoms with Gasteiger partial charge < -0.3 is 14.4 Å². The number of carbonyl (C=O) groups is 2. The summed E-state index contributed by atoms with van der Waals surface area (Å²) in [6.07, 6.45) is 5.96. The lowest BCUT2D eigenvalue weighted by Gasteiger charge is -2.28. The van der Waals surface area contributed by atoms with Gasteiger partial charge in [-0.1, -0.05) is 23.7 Å². The van der Waals surface area contributed by atoms with E-state index >= 15 is 0 Å². The predicted octanol–water partition coefficient (Wildman–Crippen LogP) is 4.01. The second-order valence-electron chi connectivity index (χ2n) is 7.74. The molecular formula is C22H24ClN3O4. The minimum atomic E-state index is -0.260. The minimum Gasteiger partial charge on any atom is -0.475 e. The third-order valence-electron chi connectivity index (χ3n) is 5.98. The molecule has 0 spiro atoms. The molecule has 2 aromatic rings. The van der Waals surface area contributed by atoms with Crippen molar-refractivity contribution < 1.29 is 19.1 Å². The maximum atomic E-state index is 13.0. The summed E-state index contributed by atoms with van der Waals surface area (Å²) < 4.78 is 10.4. The van der Waals surface area contributed by atoms with Crippen LogP contribution in [-0.4, -0.2) is 42.1 Å². The largest absolute Gasteiger partial charge is 0.475 e. The molecule has 0 radical (unpaired) electrons. The van der Waals surface area contributed by atoms with Crippen molar-refractivity contribution >= 4 is 29.2 Å². The van der Waals surface area contributed by atoms with E-state index in [-0.39, 0.29) is 28.5 Å². The fourth-order valence-corrected chi connectivity index (χ4v) is 4.51. The van der Waals surface area contributed by atoms with Crippen LogP contribution in [0.25, 0.3) is 0 Å². The normalized spacial score (nSPS) is 21.4. The molecule has 30 heavy (non-hydrogen) atoms. The number of rotatable bonds is 4. The summed E-state index contributed by atoms with van der Waals surface area (Å²) in [5, 5.41) is 0.0947. The molecular weight excluding hydrogens is 406 g/mol. The highest BCUT2D eigenvalue weighted by molar-refractivity contribution is 6.33. The van der Waals surface area contributed by atoms with Gasteiger partial charge >= 0.3 is 5.97 Å².